The predicted octanol–water partition coefficient (Wildman–Crippen LogP) is 1.70. The van der Waals surface area contributed by atoms with Crippen LogP contribution in [0, 0.1) is 5.82 Å². The lowest BCUT2D eigenvalue weighted by molar-refractivity contribution is 0.174. The van der Waals surface area contributed by atoms with Crippen molar-refractivity contribution in [3.8, 4) is 11.5 Å². The molecule has 2 heterocycles. The Hall–Kier alpha value is -2.32. The molecule has 0 amide bonds. The van der Waals surface area contributed by atoms with Crippen LogP contribution < -0.4 is 25.9 Å². The zero-order chi connectivity index (χ0) is 14.1. The first-order valence-electron chi connectivity index (χ1n) is 5.52. The fourth-order valence-corrected chi connectivity index (χ4v) is 1.77. The third kappa shape index (κ3) is 2.38. The Kier molecular flexibility index (Phi) is 3.17. The Balaban J connectivity index is 1.82. The maximum atomic E-state index is 13.5. The summed E-state index contributed by atoms with van der Waals surface area (Å²) in [6.07, 6.45) is 0.950. The Morgan fingerprint density at radius 2 is 2.15 bits per heavy atom. The van der Waals surface area contributed by atoms with Gasteiger partial charge in [0.05, 0.1) is 11.9 Å². The molecule has 3 N–H and O–H groups in total. The number of aromatic nitrogens is 2. The molecule has 0 aliphatic carbocycles. The van der Waals surface area contributed by atoms with Crippen molar-refractivity contribution in [2.75, 3.05) is 17.3 Å². The lowest BCUT2D eigenvalue weighted by atomic mass is 10.3. The highest BCUT2D eigenvalue weighted by molar-refractivity contribution is 6.28. The maximum absolute atomic E-state index is 13.5. The summed E-state index contributed by atoms with van der Waals surface area (Å²) in [5, 5.41) is 0.997. The van der Waals surface area contributed by atoms with Gasteiger partial charge in [0.1, 0.15) is 0 Å². The zero-order valence-electron chi connectivity index (χ0n) is 10.0. The van der Waals surface area contributed by atoms with Crippen LogP contribution in [-0.2, 0) is 0 Å². The van der Waals surface area contributed by atoms with E-state index >= 15 is 0 Å². The van der Waals surface area contributed by atoms with E-state index in [1.165, 1.54) is 0 Å². The molecule has 7 nitrogen and oxygen atoms in total. The molecule has 20 heavy (non-hydrogen) atoms. The van der Waals surface area contributed by atoms with Gasteiger partial charge in [-0.1, -0.05) is 0 Å². The average Bonchev–Trinajstić information content (AvgIpc) is 2.90. The molecule has 1 aliphatic rings. The lowest BCUT2D eigenvalue weighted by Gasteiger charge is -2.20. The molecule has 3 rings (SSSR count). The topological polar surface area (TPSA) is 85.5 Å². The van der Waals surface area contributed by atoms with E-state index in [4.69, 9.17) is 26.9 Å². The summed E-state index contributed by atoms with van der Waals surface area (Å²) in [4.78, 5) is 7.21. The van der Waals surface area contributed by atoms with Gasteiger partial charge in [0.15, 0.2) is 23.1 Å². The average molecular weight is 298 g/mol. The Morgan fingerprint density at radius 1 is 1.35 bits per heavy atom. The summed E-state index contributed by atoms with van der Waals surface area (Å²) in [6.45, 7) is 0.160. The number of hydrogen-bond donors (Lipinski definition) is 2. The molecule has 9 heteroatoms. The highest BCUT2D eigenvalue weighted by Crippen LogP contribution is 2.34. The van der Waals surface area contributed by atoms with E-state index in [2.05, 4.69) is 15.4 Å². The molecule has 2 aromatic rings. The fourth-order valence-electron chi connectivity index (χ4n) is 1.64. The molecule has 0 unspecified atom stereocenters. The lowest BCUT2D eigenvalue weighted by Crippen LogP contribution is -2.37. The highest BCUT2D eigenvalue weighted by Gasteiger charge is 2.16. The van der Waals surface area contributed by atoms with Crippen molar-refractivity contribution in [1.82, 2.24) is 9.97 Å². The number of fused-ring (bicyclic) bond motifs is 1. The van der Waals surface area contributed by atoms with Gasteiger partial charge >= 0.3 is 0 Å². The van der Waals surface area contributed by atoms with Crippen LogP contribution in [0.2, 0.25) is 5.28 Å². The molecule has 0 saturated heterocycles. The number of nitrogens with one attached hydrogen (secondary N) is 1. The molecule has 0 spiro atoms. The summed E-state index contributed by atoms with van der Waals surface area (Å²) in [5.41, 5.74) is 3.09. The monoisotopic (exact) mass is 297 g/mol. The second-order valence-electron chi connectivity index (χ2n) is 3.85. The van der Waals surface area contributed by atoms with E-state index in [1.54, 1.807) is 18.2 Å². The van der Waals surface area contributed by atoms with Crippen LogP contribution in [0.1, 0.15) is 0 Å². The first-order valence-corrected chi connectivity index (χ1v) is 5.90. The number of nitrogens with zero attached hydrogens (tertiary/aromatic N) is 3. The van der Waals surface area contributed by atoms with E-state index in [9.17, 15) is 4.39 Å². The molecular weight excluding hydrogens is 289 g/mol. The number of nitrogens with two attached hydrogens (primary N) is 1. The minimum Gasteiger partial charge on any atom is -0.454 e. The predicted molar refractivity (Wildman–Crippen MR) is 69.9 cm³/mol. The molecule has 0 saturated carbocycles. The minimum absolute atomic E-state index is 0.0898. The van der Waals surface area contributed by atoms with Gasteiger partial charge < -0.3 is 9.47 Å². The first-order chi connectivity index (χ1) is 9.63. The minimum atomic E-state index is -0.675. The molecular formula is C11H9ClFN5O2. The maximum Gasteiger partial charge on any atom is 0.231 e. The van der Waals surface area contributed by atoms with E-state index in [1.807, 2.05) is 0 Å². The number of anilines is 2. The van der Waals surface area contributed by atoms with E-state index in [-0.39, 0.29) is 17.9 Å². The molecule has 0 atom stereocenters. The van der Waals surface area contributed by atoms with Crippen LogP contribution in [0.4, 0.5) is 15.9 Å². The van der Waals surface area contributed by atoms with Crippen molar-refractivity contribution >= 4 is 23.1 Å². The summed E-state index contributed by atoms with van der Waals surface area (Å²) in [5.74, 6) is 6.17. The quantitative estimate of drug-likeness (QED) is 0.506. The molecule has 0 bridgehead atoms. The molecule has 0 fully saturated rings. The van der Waals surface area contributed by atoms with Gasteiger partial charge in [-0.05, 0) is 23.7 Å². The third-order valence-electron chi connectivity index (χ3n) is 2.58. The highest BCUT2D eigenvalue weighted by atomic mass is 35.5. The van der Waals surface area contributed by atoms with Gasteiger partial charge in [0.2, 0.25) is 12.1 Å². The molecule has 1 aliphatic heterocycles. The second-order valence-corrected chi connectivity index (χ2v) is 4.19. The van der Waals surface area contributed by atoms with Gasteiger partial charge in [0, 0.05) is 6.07 Å². The summed E-state index contributed by atoms with van der Waals surface area (Å²) in [7, 11) is 0. The van der Waals surface area contributed by atoms with Crippen molar-refractivity contribution in [3.05, 3.63) is 35.5 Å². The van der Waals surface area contributed by atoms with E-state index in [0.717, 1.165) is 11.3 Å². The van der Waals surface area contributed by atoms with Crippen molar-refractivity contribution in [3.63, 3.8) is 0 Å². The standard InChI is InChI=1S/C11H9ClFN5O2/c12-11-15-4-7(13)10(16-11)17-18(14)6-1-2-8-9(3-6)20-5-19-8/h1-4H,5,14H2,(H,15,16,17). The number of hydrogen-bond acceptors (Lipinski definition) is 7. The van der Waals surface area contributed by atoms with Crippen LogP contribution in [0.5, 0.6) is 11.5 Å². The van der Waals surface area contributed by atoms with Crippen molar-refractivity contribution in [2.45, 2.75) is 0 Å². The summed E-state index contributed by atoms with van der Waals surface area (Å²) < 4.78 is 23.9. The third-order valence-corrected chi connectivity index (χ3v) is 2.76. The Labute approximate surface area is 118 Å². The Morgan fingerprint density at radius 3 is 3.00 bits per heavy atom. The number of rotatable bonds is 3. The van der Waals surface area contributed by atoms with Gasteiger partial charge in [-0.3, -0.25) is 5.43 Å². The molecule has 1 aromatic carbocycles. The van der Waals surface area contributed by atoms with Gasteiger partial charge in [0.25, 0.3) is 0 Å². The van der Waals surface area contributed by atoms with Crippen molar-refractivity contribution in [1.29, 1.82) is 0 Å². The van der Waals surface area contributed by atoms with Crippen LogP contribution >= 0.6 is 11.6 Å². The number of hydrazine groups is 2. The largest absolute Gasteiger partial charge is 0.454 e. The van der Waals surface area contributed by atoms with Gasteiger partial charge in [-0.15, -0.1) is 0 Å². The fraction of sp³-hybridized carbons (Fsp3) is 0.0909. The summed E-state index contributed by atoms with van der Waals surface area (Å²) >= 11 is 5.60. The number of benzene rings is 1. The summed E-state index contributed by atoms with van der Waals surface area (Å²) in [6, 6.07) is 5.03. The zero-order valence-corrected chi connectivity index (χ0v) is 10.8. The van der Waals surface area contributed by atoms with E-state index < -0.39 is 5.82 Å². The first kappa shape index (κ1) is 12.7. The van der Waals surface area contributed by atoms with Gasteiger partial charge in [-0.25, -0.2) is 20.3 Å². The Bertz CT molecular complexity index is 657. The van der Waals surface area contributed by atoms with Crippen LogP contribution in [-0.4, -0.2) is 16.8 Å². The number of ether oxygens (including phenoxy) is 2. The molecule has 104 valence electrons. The van der Waals surface area contributed by atoms with Crippen LogP contribution in [0.25, 0.3) is 0 Å². The second kappa shape index (κ2) is 4.99. The SMILES string of the molecule is NN(Nc1nc(Cl)ncc1F)c1ccc2c(c1)OCO2. The number of halogens is 2. The van der Waals surface area contributed by atoms with Crippen molar-refractivity contribution < 1.29 is 13.9 Å². The normalized spacial score (nSPS) is 12.3. The van der Waals surface area contributed by atoms with E-state index in [0.29, 0.717) is 17.2 Å². The van der Waals surface area contributed by atoms with Crippen LogP contribution in [0.15, 0.2) is 24.4 Å². The molecule has 1 aromatic heterocycles. The van der Waals surface area contributed by atoms with Crippen molar-refractivity contribution in [2.24, 2.45) is 5.84 Å². The van der Waals surface area contributed by atoms with Gasteiger partial charge in [-0.2, -0.15) is 4.98 Å². The molecule has 0 radical (unpaired) electrons. The smallest absolute Gasteiger partial charge is 0.231 e. The van der Waals surface area contributed by atoms with Crippen LogP contribution in [0.3, 0.4) is 0 Å².